The molecule has 0 atom stereocenters. The summed E-state index contributed by atoms with van der Waals surface area (Å²) >= 11 is 1.91. The zero-order valence-electron chi connectivity index (χ0n) is 14.9. The molecule has 0 bridgehead atoms. The molecule has 2 heterocycles. The summed E-state index contributed by atoms with van der Waals surface area (Å²) in [6.07, 6.45) is 1.16. The smallest absolute Gasteiger partial charge is 0.0399 e. The van der Waals surface area contributed by atoms with Gasteiger partial charge >= 0.3 is 0 Å². The van der Waals surface area contributed by atoms with Gasteiger partial charge in [-0.2, -0.15) is 0 Å². The van der Waals surface area contributed by atoms with Gasteiger partial charge in [0.05, 0.1) is 0 Å². The minimum absolute atomic E-state index is 1.12. The third-order valence-corrected chi connectivity index (χ3v) is 6.02. The molecule has 1 saturated heterocycles. The number of thiophene rings is 1. The predicted molar refractivity (Wildman–Crippen MR) is 102 cm³/mol. The monoisotopic (exact) mass is 328 g/mol. The summed E-state index contributed by atoms with van der Waals surface area (Å²) in [6.45, 7) is 14.6. The number of aryl methyl sites for hydroxylation is 3. The molecule has 0 radical (unpaired) electrons. The molecule has 2 aromatic rings. The van der Waals surface area contributed by atoms with E-state index in [2.05, 4.69) is 61.1 Å². The molecule has 0 saturated carbocycles. The molecule has 3 heteroatoms. The first-order valence-corrected chi connectivity index (χ1v) is 9.57. The largest absolute Gasteiger partial charge is 0.369 e. The van der Waals surface area contributed by atoms with E-state index in [4.69, 9.17) is 0 Å². The maximum Gasteiger partial charge on any atom is 0.0399 e. The van der Waals surface area contributed by atoms with Crippen molar-refractivity contribution in [2.75, 3.05) is 31.1 Å². The van der Waals surface area contributed by atoms with Crippen molar-refractivity contribution < 1.29 is 0 Å². The molecule has 0 unspecified atom stereocenters. The van der Waals surface area contributed by atoms with Crippen molar-refractivity contribution in [1.82, 2.24) is 4.90 Å². The average Bonchev–Trinajstić information content (AvgIpc) is 2.90. The lowest BCUT2D eigenvalue weighted by atomic mass is 10.1. The predicted octanol–water partition coefficient (Wildman–Crippen LogP) is 4.56. The average molecular weight is 329 g/mol. The van der Waals surface area contributed by atoms with E-state index < -0.39 is 0 Å². The Kier molecular flexibility index (Phi) is 5.08. The molecule has 3 rings (SSSR count). The SMILES string of the molecule is CCc1c(CN2CCN(c3cc(C)ccc3C)CC2)csc1C. The fourth-order valence-corrected chi connectivity index (χ4v) is 4.54. The highest BCUT2D eigenvalue weighted by atomic mass is 32.1. The molecule has 0 amide bonds. The van der Waals surface area contributed by atoms with Gasteiger partial charge in [0.2, 0.25) is 0 Å². The Morgan fingerprint density at radius 1 is 1.04 bits per heavy atom. The van der Waals surface area contributed by atoms with Crippen molar-refractivity contribution in [3.05, 3.63) is 50.7 Å². The van der Waals surface area contributed by atoms with Crippen LogP contribution in [-0.2, 0) is 13.0 Å². The number of benzene rings is 1. The molecule has 1 aromatic heterocycles. The summed E-state index contributed by atoms with van der Waals surface area (Å²) < 4.78 is 0. The van der Waals surface area contributed by atoms with Gasteiger partial charge in [-0.25, -0.2) is 0 Å². The lowest BCUT2D eigenvalue weighted by Gasteiger charge is -2.37. The minimum atomic E-state index is 1.12. The molecule has 0 N–H and O–H groups in total. The van der Waals surface area contributed by atoms with Crippen molar-refractivity contribution in [1.29, 1.82) is 0 Å². The molecule has 1 aliphatic heterocycles. The van der Waals surface area contributed by atoms with Gasteiger partial charge in [-0.3, -0.25) is 4.90 Å². The summed E-state index contributed by atoms with van der Waals surface area (Å²) in [6, 6.07) is 6.79. The van der Waals surface area contributed by atoms with Gasteiger partial charge in [0, 0.05) is 43.3 Å². The van der Waals surface area contributed by atoms with Crippen LogP contribution in [0.2, 0.25) is 0 Å². The lowest BCUT2D eigenvalue weighted by molar-refractivity contribution is 0.249. The van der Waals surface area contributed by atoms with Crippen molar-refractivity contribution >= 4 is 17.0 Å². The highest BCUT2D eigenvalue weighted by molar-refractivity contribution is 7.10. The van der Waals surface area contributed by atoms with E-state index in [-0.39, 0.29) is 0 Å². The van der Waals surface area contributed by atoms with Crippen LogP contribution in [0.4, 0.5) is 5.69 Å². The number of anilines is 1. The molecule has 124 valence electrons. The number of rotatable bonds is 4. The van der Waals surface area contributed by atoms with Crippen molar-refractivity contribution in [3.63, 3.8) is 0 Å². The van der Waals surface area contributed by atoms with E-state index in [9.17, 15) is 0 Å². The third kappa shape index (κ3) is 3.61. The highest BCUT2D eigenvalue weighted by Gasteiger charge is 2.20. The van der Waals surface area contributed by atoms with E-state index in [1.807, 2.05) is 11.3 Å². The van der Waals surface area contributed by atoms with E-state index in [1.165, 1.54) is 21.7 Å². The molecule has 2 nitrogen and oxygen atoms in total. The summed E-state index contributed by atoms with van der Waals surface area (Å²) in [7, 11) is 0. The summed E-state index contributed by atoms with van der Waals surface area (Å²) in [5.74, 6) is 0. The first-order valence-electron chi connectivity index (χ1n) is 8.69. The first-order chi connectivity index (χ1) is 11.1. The topological polar surface area (TPSA) is 6.48 Å². The maximum absolute atomic E-state index is 2.61. The zero-order chi connectivity index (χ0) is 16.4. The molecule has 0 aliphatic carbocycles. The standard InChI is InChI=1S/C20H28N2S/c1-5-19-17(4)23-14-18(19)13-21-8-10-22(11-9-21)20-12-15(2)6-7-16(20)3/h6-7,12,14H,5,8-11,13H2,1-4H3. The Bertz CT molecular complexity index is 666. The third-order valence-electron chi connectivity index (χ3n) is 5.02. The first kappa shape index (κ1) is 16.5. The zero-order valence-corrected chi connectivity index (χ0v) is 15.7. The number of nitrogens with zero attached hydrogens (tertiary/aromatic N) is 2. The van der Waals surface area contributed by atoms with Crippen LogP contribution < -0.4 is 4.90 Å². The van der Waals surface area contributed by atoms with E-state index in [0.717, 1.165) is 39.1 Å². The van der Waals surface area contributed by atoms with Crippen LogP contribution in [0.3, 0.4) is 0 Å². The van der Waals surface area contributed by atoms with Crippen LogP contribution in [0.1, 0.15) is 34.1 Å². The van der Waals surface area contributed by atoms with Crippen LogP contribution in [0.25, 0.3) is 0 Å². The normalized spacial score (nSPS) is 16.1. The Morgan fingerprint density at radius 2 is 1.78 bits per heavy atom. The van der Waals surface area contributed by atoms with E-state index in [1.54, 1.807) is 11.1 Å². The minimum Gasteiger partial charge on any atom is -0.369 e. The van der Waals surface area contributed by atoms with Gasteiger partial charge in [0.15, 0.2) is 0 Å². The quantitative estimate of drug-likeness (QED) is 0.812. The van der Waals surface area contributed by atoms with Crippen LogP contribution in [0.15, 0.2) is 23.6 Å². The number of piperazine rings is 1. The second-order valence-corrected chi connectivity index (χ2v) is 7.79. The summed E-state index contributed by atoms with van der Waals surface area (Å²) in [4.78, 5) is 6.66. The van der Waals surface area contributed by atoms with Gasteiger partial charge in [-0.1, -0.05) is 19.1 Å². The Hall–Kier alpha value is -1.32. The molecule has 0 spiro atoms. The number of hydrogen-bond acceptors (Lipinski definition) is 3. The van der Waals surface area contributed by atoms with Crippen molar-refractivity contribution in [2.45, 2.75) is 40.7 Å². The molecule has 1 fully saturated rings. The fraction of sp³-hybridized carbons (Fsp3) is 0.500. The van der Waals surface area contributed by atoms with E-state index >= 15 is 0 Å². The van der Waals surface area contributed by atoms with Crippen LogP contribution in [0, 0.1) is 20.8 Å². The lowest BCUT2D eigenvalue weighted by Crippen LogP contribution is -2.46. The second kappa shape index (κ2) is 7.06. The van der Waals surface area contributed by atoms with Gasteiger partial charge in [0.25, 0.3) is 0 Å². The molecular formula is C20H28N2S. The maximum atomic E-state index is 2.61. The number of hydrogen-bond donors (Lipinski definition) is 0. The van der Waals surface area contributed by atoms with Crippen LogP contribution >= 0.6 is 11.3 Å². The van der Waals surface area contributed by atoms with Gasteiger partial charge in [-0.05, 0) is 60.9 Å². The Morgan fingerprint density at radius 3 is 2.48 bits per heavy atom. The Balaban J connectivity index is 1.63. The second-order valence-electron chi connectivity index (χ2n) is 6.70. The van der Waals surface area contributed by atoms with Gasteiger partial charge in [0.1, 0.15) is 0 Å². The Labute approximate surface area is 144 Å². The molecule has 1 aliphatic rings. The molecular weight excluding hydrogens is 300 g/mol. The molecule has 23 heavy (non-hydrogen) atoms. The summed E-state index contributed by atoms with van der Waals surface area (Å²) in [5.41, 5.74) is 7.30. The highest BCUT2D eigenvalue weighted by Crippen LogP contribution is 2.26. The van der Waals surface area contributed by atoms with Gasteiger partial charge < -0.3 is 4.90 Å². The van der Waals surface area contributed by atoms with Gasteiger partial charge in [-0.15, -0.1) is 11.3 Å². The molecule has 1 aromatic carbocycles. The fourth-order valence-electron chi connectivity index (χ4n) is 3.58. The van der Waals surface area contributed by atoms with Crippen molar-refractivity contribution in [3.8, 4) is 0 Å². The van der Waals surface area contributed by atoms with Crippen molar-refractivity contribution in [2.24, 2.45) is 0 Å². The van der Waals surface area contributed by atoms with E-state index in [0.29, 0.717) is 0 Å². The summed E-state index contributed by atoms with van der Waals surface area (Å²) in [5, 5.41) is 2.37. The van der Waals surface area contributed by atoms with Crippen LogP contribution in [0.5, 0.6) is 0 Å². The van der Waals surface area contributed by atoms with Crippen LogP contribution in [-0.4, -0.2) is 31.1 Å².